The number of hydrogen-bond acceptors (Lipinski definition) is 4. The van der Waals surface area contributed by atoms with Crippen LogP contribution in [0, 0.1) is 0 Å². The second-order valence-corrected chi connectivity index (χ2v) is 3.13. The molecule has 0 aliphatic carbocycles. The molecule has 1 aromatic heterocycles. The number of carboxylic acids is 1. The van der Waals surface area contributed by atoms with E-state index in [4.69, 9.17) is 5.11 Å². The van der Waals surface area contributed by atoms with Gasteiger partial charge in [0.1, 0.15) is 12.2 Å². The molecule has 0 aliphatic rings. The Morgan fingerprint density at radius 1 is 1.65 bits per heavy atom. The fourth-order valence-corrected chi connectivity index (χ4v) is 1.16. The van der Waals surface area contributed by atoms with Crippen LogP contribution in [0.4, 0.5) is 4.79 Å². The Kier molecular flexibility index (Phi) is 4.74. The van der Waals surface area contributed by atoms with Gasteiger partial charge in [-0.05, 0) is 0 Å². The molecule has 1 rings (SSSR count). The van der Waals surface area contributed by atoms with Crippen LogP contribution in [0.15, 0.2) is 18.9 Å². The molecule has 0 radical (unpaired) electrons. The van der Waals surface area contributed by atoms with Crippen LogP contribution in [-0.2, 0) is 11.2 Å². The van der Waals surface area contributed by atoms with Crippen molar-refractivity contribution in [3.8, 4) is 0 Å². The summed E-state index contributed by atoms with van der Waals surface area (Å²) in [6, 6.07) is 0. The molecule has 17 heavy (non-hydrogen) atoms. The molecule has 92 valence electrons. The number of nitrogens with one attached hydrogen (secondary N) is 2. The molecule has 0 bridgehead atoms. The molecule has 0 saturated heterocycles. The molecule has 7 heteroatoms. The van der Waals surface area contributed by atoms with E-state index in [0.717, 1.165) is 0 Å². The van der Waals surface area contributed by atoms with E-state index >= 15 is 0 Å². The smallest absolute Gasteiger partial charge is 0.407 e. The van der Waals surface area contributed by atoms with Crippen LogP contribution in [0.2, 0.25) is 0 Å². The van der Waals surface area contributed by atoms with Gasteiger partial charge in [-0.3, -0.25) is 5.10 Å². The highest BCUT2D eigenvalue weighted by atomic mass is 16.5. The molecular weight excluding hydrogens is 226 g/mol. The lowest BCUT2D eigenvalue weighted by Gasteiger charge is -2.04. The van der Waals surface area contributed by atoms with E-state index in [1.807, 2.05) is 0 Å². The summed E-state index contributed by atoms with van der Waals surface area (Å²) >= 11 is 0. The van der Waals surface area contributed by atoms with Crippen LogP contribution in [0.25, 0.3) is 0 Å². The van der Waals surface area contributed by atoms with Crippen molar-refractivity contribution in [2.75, 3.05) is 13.2 Å². The highest BCUT2D eigenvalue weighted by Crippen LogP contribution is 2.04. The van der Waals surface area contributed by atoms with Crippen LogP contribution in [0.5, 0.6) is 0 Å². The van der Waals surface area contributed by atoms with Crippen molar-refractivity contribution >= 4 is 12.1 Å². The third-order valence-corrected chi connectivity index (χ3v) is 1.93. The highest BCUT2D eigenvalue weighted by molar-refractivity contribution is 5.88. The van der Waals surface area contributed by atoms with Gasteiger partial charge in [0, 0.05) is 13.0 Å². The number of ether oxygens (including phenoxy) is 1. The summed E-state index contributed by atoms with van der Waals surface area (Å²) in [7, 11) is 0. The number of carboxylic acid groups (broad SMARTS) is 1. The lowest BCUT2D eigenvalue weighted by atomic mass is 10.2. The summed E-state index contributed by atoms with van der Waals surface area (Å²) in [5.74, 6) is -1.05. The molecule has 0 aliphatic heterocycles. The number of hydrogen-bond donors (Lipinski definition) is 3. The Labute approximate surface area is 97.5 Å². The third kappa shape index (κ3) is 3.98. The minimum atomic E-state index is -1.05. The van der Waals surface area contributed by atoms with Crippen LogP contribution in [0.3, 0.4) is 0 Å². The number of carbonyl (C=O) groups excluding carboxylic acids is 1. The summed E-state index contributed by atoms with van der Waals surface area (Å²) in [6.07, 6.45) is 2.46. The predicted molar refractivity (Wildman–Crippen MR) is 58.8 cm³/mol. The maximum Gasteiger partial charge on any atom is 0.407 e. The topological polar surface area (TPSA) is 104 Å². The van der Waals surface area contributed by atoms with Gasteiger partial charge in [-0.15, -0.1) is 0 Å². The standard InChI is InChI=1S/C10H13N3O4/c1-2-5-17-10(16)11-4-3-8-7(9(14)15)6-12-13-8/h2,6H,1,3-5H2,(H,11,16)(H,12,13)(H,14,15). The zero-order chi connectivity index (χ0) is 12.7. The maximum absolute atomic E-state index is 11.0. The first-order chi connectivity index (χ1) is 8.15. The van der Waals surface area contributed by atoms with Gasteiger partial charge in [0.2, 0.25) is 0 Å². The predicted octanol–water partition coefficient (Wildman–Crippen LogP) is 0.563. The zero-order valence-corrected chi connectivity index (χ0v) is 9.10. The van der Waals surface area contributed by atoms with Gasteiger partial charge in [-0.1, -0.05) is 12.7 Å². The summed E-state index contributed by atoms with van der Waals surface area (Å²) in [6.45, 7) is 3.80. The molecule has 0 saturated carbocycles. The molecule has 7 nitrogen and oxygen atoms in total. The summed E-state index contributed by atoms with van der Waals surface area (Å²) < 4.78 is 4.68. The number of aromatic nitrogens is 2. The first kappa shape index (κ1) is 12.8. The van der Waals surface area contributed by atoms with E-state index in [9.17, 15) is 9.59 Å². The first-order valence-corrected chi connectivity index (χ1v) is 4.92. The number of alkyl carbamates (subject to hydrolysis) is 1. The lowest BCUT2D eigenvalue weighted by Crippen LogP contribution is -2.26. The van der Waals surface area contributed by atoms with Crippen LogP contribution >= 0.6 is 0 Å². The van der Waals surface area contributed by atoms with Gasteiger partial charge >= 0.3 is 12.1 Å². The van der Waals surface area contributed by atoms with Crippen molar-refractivity contribution in [1.82, 2.24) is 15.5 Å². The van der Waals surface area contributed by atoms with Crippen molar-refractivity contribution < 1.29 is 19.4 Å². The van der Waals surface area contributed by atoms with Gasteiger partial charge in [-0.2, -0.15) is 5.10 Å². The fourth-order valence-electron chi connectivity index (χ4n) is 1.16. The molecule has 0 spiro atoms. The molecule has 1 heterocycles. The van der Waals surface area contributed by atoms with Gasteiger partial charge in [0.15, 0.2) is 0 Å². The van der Waals surface area contributed by atoms with E-state index in [0.29, 0.717) is 12.1 Å². The number of H-pyrrole nitrogens is 1. The Balaban J connectivity index is 2.35. The van der Waals surface area contributed by atoms with Crippen molar-refractivity contribution in [1.29, 1.82) is 0 Å². The SMILES string of the molecule is C=CCOC(=O)NCCc1[nH]ncc1C(=O)O. The van der Waals surface area contributed by atoms with E-state index in [1.165, 1.54) is 12.3 Å². The lowest BCUT2D eigenvalue weighted by molar-refractivity contribution is 0.0696. The van der Waals surface area contributed by atoms with Crippen LogP contribution in [-0.4, -0.2) is 40.5 Å². The summed E-state index contributed by atoms with van der Waals surface area (Å²) in [5, 5.41) is 17.5. The fraction of sp³-hybridized carbons (Fsp3) is 0.300. The summed E-state index contributed by atoms with van der Waals surface area (Å²) in [4.78, 5) is 21.8. The molecular formula is C10H13N3O4. The average Bonchev–Trinajstić information content (AvgIpc) is 2.74. The van der Waals surface area contributed by atoms with E-state index in [-0.39, 0.29) is 18.7 Å². The molecule has 0 fully saturated rings. The van der Waals surface area contributed by atoms with Crippen molar-refractivity contribution in [2.45, 2.75) is 6.42 Å². The van der Waals surface area contributed by atoms with E-state index in [2.05, 4.69) is 26.8 Å². The van der Waals surface area contributed by atoms with Gasteiger partial charge < -0.3 is 15.2 Å². The van der Waals surface area contributed by atoms with Crippen molar-refractivity contribution in [3.63, 3.8) is 0 Å². The number of rotatable bonds is 6. The summed E-state index contributed by atoms with van der Waals surface area (Å²) in [5.41, 5.74) is 0.563. The minimum absolute atomic E-state index is 0.103. The van der Waals surface area contributed by atoms with Crippen molar-refractivity contribution in [3.05, 3.63) is 30.1 Å². The molecule has 0 atom stereocenters. The highest BCUT2D eigenvalue weighted by Gasteiger charge is 2.12. The monoisotopic (exact) mass is 239 g/mol. The first-order valence-electron chi connectivity index (χ1n) is 4.92. The van der Waals surface area contributed by atoms with Crippen LogP contribution < -0.4 is 5.32 Å². The Bertz CT molecular complexity index is 413. The third-order valence-electron chi connectivity index (χ3n) is 1.93. The van der Waals surface area contributed by atoms with E-state index < -0.39 is 12.1 Å². The van der Waals surface area contributed by atoms with E-state index in [1.54, 1.807) is 0 Å². The number of nitrogens with zero attached hydrogens (tertiary/aromatic N) is 1. The zero-order valence-electron chi connectivity index (χ0n) is 9.10. The second kappa shape index (κ2) is 6.31. The minimum Gasteiger partial charge on any atom is -0.478 e. The van der Waals surface area contributed by atoms with Gasteiger partial charge in [0.05, 0.1) is 11.9 Å². The second-order valence-electron chi connectivity index (χ2n) is 3.13. The number of aromatic amines is 1. The Morgan fingerprint density at radius 2 is 2.41 bits per heavy atom. The number of aromatic carboxylic acids is 1. The molecule has 1 amide bonds. The van der Waals surface area contributed by atoms with Crippen molar-refractivity contribution in [2.24, 2.45) is 0 Å². The molecule has 3 N–H and O–H groups in total. The molecule has 0 aromatic carbocycles. The quantitative estimate of drug-likeness (QED) is 0.629. The number of amides is 1. The maximum atomic E-state index is 11.0. The van der Waals surface area contributed by atoms with Gasteiger partial charge in [-0.25, -0.2) is 9.59 Å². The Hall–Kier alpha value is -2.31. The Morgan fingerprint density at radius 3 is 3.06 bits per heavy atom. The molecule has 1 aromatic rings. The number of carbonyl (C=O) groups is 2. The normalized spacial score (nSPS) is 9.65. The largest absolute Gasteiger partial charge is 0.478 e. The average molecular weight is 239 g/mol. The molecule has 0 unspecified atom stereocenters. The van der Waals surface area contributed by atoms with Crippen LogP contribution in [0.1, 0.15) is 16.1 Å². The van der Waals surface area contributed by atoms with Gasteiger partial charge in [0.25, 0.3) is 0 Å².